The van der Waals surface area contributed by atoms with Crippen LogP contribution in [-0.4, -0.2) is 6.54 Å². The van der Waals surface area contributed by atoms with Crippen LogP contribution in [0.25, 0.3) is 0 Å². The maximum Gasteiger partial charge on any atom is 0.0439 e. The third kappa shape index (κ3) is 4.47. The van der Waals surface area contributed by atoms with Crippen molar-refractivity contribution in [1.82, 2.24) is 5.32 Å². The lowest BCUT2D eigenvalue weighted by Crippen LogP contribution is -2.25. The van der Waals surface area contributed by atoms with Gasteiger partial charge in [-0.3, -0.25) is 0 Å². The first kappa shape index (κ1) is 16.4. The van der Waals surface area contributed by atoms with Crippen LogP contribution in [0.1, 0.15) is 36.1 Å². The Balaban J connectivity index is 2.28. The molecule has 0 radical (unpaired) electrons. The fourth-order valence-corrected chi connectivity index (χ4v) is 2.90. The number of rotatable bonds is 6. The van der Waals surface area contributed by atoms with Gasteiger partial charge in [0.15, 0.2) is 0 Å². The second-order valence-electron chi connectivity index (χ2n) is 5.30. The summed E-state index contributed by atoms with van der Waals surface area (Å²) in [4.78, 5) is 0. The Morgan fingerprint density at radius 2 is 1.86 bits per heavy atom. The predicted molar refractivity (Wildman–Crippen MR) is 92.4 cm³/mol. The lowest BCUT2D eigenvalue weighted by Gasteiger charge is -2.21. The average Bonchev–Trinajstić information content (AvgIpc) is 2.48. The minimum atomic E-state index is 0.252. The van der Waals surface area contributed by atoms with E-state index < -0.39 is 0 Å². The van der Waals surface area contributed by atoms with Crippen LogP contribution in [0.3, 0.4) is 0 Å². The normalized spacial score (nSPS) is 12.4. The Labute approximate surface area is 137 Å². The molecule has 1 atom stereocenters. The summed E-state index contributed by atoms with van der Waals surface area (Å²) in [6.45, 7) is 5.31. The van der Waals surface area contributed by atoms with Crippen LogP contribution in [0.2, 0.25) is 10.0 Å². The molecule has 0 saturated carbocycles. The summed E-state index contributed by atoms with van der Waals surface area (Å²) >= 11 is 12.4. The fraction of sp³-hybridized carbons (Fsp3) is 0.333. The van der Waals surface area contributed by atoms with Crippen molar-refractivity contribution in [1.29, 1.82) is 0 Å². The molecular weight excluding hydrogens is 301 g/mol. The highest BCUT2D eigenvalue weighted by molar-refractivity contribution is 6.33. The topological polar surface area (TPSA) is 12.0 Å². The Bertz CT molecular complexity index is 596. The summed E-state index contributed by atoms with van der Waals surface area (Å²) < 4.78 is 0. The SMILES string of the molecule is CCCNC(Cc1cc(Cl)ccc1Cl)c1ccccc1C. The molecule has 0 bridgehead atoms. The molecule has 2 rings (SSSR count). The molecule has 3 heteroatoms. The quantitative estimate of drug-likeness (QED) is 0.731. The zero-order chi connectivity index (χ0) is 15.2. The molecule has 0 aliphatic rings. The van der Waals surface area contributed by atoms with E-state index in [1.807, 2.05) is 18.2 Å². The van der Waals surface area contributed by atoms with Gasteiger partial charge >= 0.3 is 0 Å². The van der Waals surface area contributed by atoms with E-state index in [0.717, 1.165) is 35.0 Å². The van der Waals surface area contributed by atoms with Crippen molar-refractivity contribution in [2.24, 2.45) is 0 Å². The summed E-state index contributed by atoms with van der Waals surface area (Å²) in [5.74, 6) is 0. The highest BCUT2D eigenvalue weighted by Crippen LogP contribution is 2.27. The lowest BCUT2D eigenvalue weighted by molar-refractivity contribution is 0.527. The van der Waals surface area contributed by atoms with Gasteiger partial charge < -0.3 is 5.32 Å². The highest BCUT2D eigenvalue weighted by atomic mass is 35.5. The molecule has 0 aliphatic carbocycles. The first-order valence-electron chi connectivity index (χ1n) is 7.34. The van der Waals surface area contributed by atoms with Crippen molar-refractivity contribution in [2.45, 2.75) is 32.7 Å². The van der Waals surface area contributed by atoms with E-state index in [1.165, 1.54) is 11.1 Å². The van der Waals surface area contributed by atoms with E-state index in [0.29, 0.717) is 0 Å². The molecule has 112 valence electrons. The molecule has 0 fully saturated rings. The van der Waals surface area contributed by atoms with Gasteiger partial charge in [-0.05, 0) is 61.2 Å². The van der Waals surface area contributed by atoms with Gasteiger partial charge in [0, 0.05) is 16.1 Å². The molecule has 0 aliphatic heterocycles. The van der Waals surface area contributed by atoms with Crippen molar-refractivity contribution in [3.63, 3.8) is 0 Å². The number of hydrogen-bond acceptors (Lipinski definition) is 1. The first-order valence-corrected chi connectivity index (χ1v) is 8.10. The van der Waals surface area contributed by atoms with Gasteiger partial charge in [-0.25, -0.2) is 0 Å². The molecule has 2 aromatic carbocycles. The Morgan fingerprint density at radius 3 is 2.57 bits per heavy atom. The van der Waals surface area contributed by atoms with E-state index >= 15 is 0 Å². The predicted octanol–water partition coefficient (Wildman–Crippen LogP) is 5.59. The molecule has 0 amide bonds. The van der Waals surface area contributed by atoms with E-state index in [1.54, 1.807) is 0 Å². The molecule has 21 heavy (non-hydrogen) atoms. The average molecular weight is 322 g/mol. The minimum absolute atomic E-state index is 0.252. The van der Waals surface area contributed by atoms with E-state index in [2.05, 4.69) is 43.4 Å². The van der Waals surface area contributed by atoms with Crippen molar-refractivity contribution in [2.75, 3.05) is 6.54 Å². The Morgan fingerprint density at radius 1 is 1.10 bits per heavy atom. The number of halogens is 2. The third-order valence-electron chi connectivity index (χ3n) is 3.64. The van der Waals surface area contributed by atoms with Gasteiger partial charge in [-0.15, -0.1) is 0 Å². The van der Waals surface area contributed by atoms with Gasteiger partial charge in [-0.1, -0.05) is 54.4 Å². The molecule has 1 unspecified atom stereocenters. The van der Waals surface area contributed by atoms with Crippen LogP contribution in [0.4, 0.5) is 0 Å². The Kier molecular flexibility index (Phi) is 6.10. The van der Waals surface area contributed by atoms with Crippen LogP contribution in [0.15, 0.2) is 42.5 Å². The van der Waals surface area contributed by atoms with Gasteiger partial charge in [0.25, 0.3) is 0 Å². The summed E-state index contributed by atoms with van der Waals surface area (Å²) in [7, 11) is 0. The monoisotopic (exact) mass is 321 g/mol. The molecule has 0 aromatic heterocycles. The van der Waals surface area contributed by atoms with Gasteiger partial charge in [0.05, 0.1) is 0 Å². The van der Waals surface area contributed by atoms with Crippen molar-refractivity contribution in [3.05, 3.63) is 69.2 Å². The molecule has 1 N–H and O–H groups in total. The molecule has 2 aromatic rings. The first-order chi connectivity index (χ1) is 10.1. The van der Waals surface area contributed by atoms with Crippen molar-refractivity contribution >= 4 is 23.2 Å². The standard InChI is InChI=1S/C18H21Cl2N/c1-3-10-21-18(16-7-5-4-6-13(16)2)12-14-11-15(19)8-9-17(14)20/h4-9,11,18,21H,3,10,12H2,1-2H3. The van der Waals surface area contributed by atoms with Crippen molar-refractivity contribution in [3.8, 4) is 0 Å². The summed E-state index contributed by atoms with van der Waals surface area (Å²) in [6, 6.07) is 14.4. The van der Waals surface area contributed by atoms with Crippen LogP contribution >= 0.6 is 23.2 Å². The van der Waals surface area contributed by atoms with Gasteiger partial charge in [0.1, 0.15) is 0 Å². The number of aryl methyl sites for hydroxylation is 1. The number of hydrogen-bond donors (Lipinski definition) is 1. The maximum atomic E-state index is 6.32. The van der Waals surface area contributed by atoms with Crippen molar-refractivity contribution < 1.29 is 0 Å². The van der Waals surface area contributed by atoms with Crippen LogP contribution in [0.5, 0.6) is 0 Å². The van der Waals surface area contributed by atoms with Crippen LogP contribution in [0, 0.1) is 6.92 Å². The largest absolute Gasteiger partial charge is 0.310 e. The van der Waals surface area contributed by atoms with E-state index in [9.17, 15) is 0 Å². The van der Waals surface area contributed by atoms with Crippen LogP contribution < -0.4 is 5.32 Å². The van der Waals surface area contributed by atoms with Gasteiger partial charge in [-0.2, -0.15) is 0 Å². The van der Waals surface area contributed by atoms with Crippen LogP contribution in [-0.2, 0) is 6.42 Å². The molecule has 1 nitrogen and oxygen atoms in total. The smallest absolute Gasteiger partial charge is 0.0439 e. The third-order valence-corrected chi connectivity index (χ3v) is 4.24. The molecule has 0 heterocycles. The molecular formula is C18H21Cl2N. The van der Waals surface area contributed by atoms with Gasteiger partial charge in [0.2, 0.25) is 0 Å². The number of nitrogens with one attached hydrogen (secondary N) is 1. The number of benzene rings is 2. The summed E-state index contributed by atoms with van der Waals surface area (Å²) in [5.41, 5.74) is 3.70. The summed E-state index contributed by atoms with van der Waals surface area (Å²) in [5, 5.41) is 5.12. The highest BCUT2D eigenvalue weighted by Gasteiger charge is 2.15. The van der Waals surface area contributed by atoms with E-state index in [4.69, 9.17) is 23.2 Å². The second-order valence-corrected chi connectivity index (χ2v) is 6.15. The zero-order valence-corrected chi connectivity index (χ0v) is 14.0. The Hall–Kier alpha value is -1.02. The maximum absolute atomic E-state index is 6.32. The summed E-state index contributed by atoms with van der Waals surface area (Å²) in [6.07, 6.45) is 1.94. The lowest BCUT2D eigenvalue weighted by atomic mass is 9.95. The second kappa shape index (κ2) is 7.84. The zero-order valence-electron chi connectivity index (χ0n) is 12.5. The minimum Gasteiger partial charge on any atom is -0.310 e. The van der Waals surface area contributed by atoms with E-state index in [-0.39, 0.29) is 6.04 Å². The molecule has 0 spiro atoms. The fourth-order valence-electron chi connectivity index (χ4n) is 2.51. The molecule has 0 saturated heterocycles.